The quantitative estimate of drug-likeness (QED) is 0.584. The molecule has 0 bridgehead atoms. The molecule has 1 aliphatic heterocycles. The maximum Gasteiger partial charge on any atom is 0.165 e. The van der Waals surface area contributed by atoms with Crippen LogP contribution in [0.2, 0.25) is 0 Å². The van der Waals surface area contributed by atoms with Crippen LogP contribution in [0.3, 0.4) is 0 Å². The number of rotatable bonds is 3. The van der Waals surface area contributed by atoms with Crippen LogP contribution in [-0.4, -0.2) is 35.7 Å². The highest BCUT2D eigenvalue weighted by atomic mass is 15.5. The summed E-state index contributed by atoms with van der Waals surface area (Å²) in [6, 6.07) is 0. The molecule has 0 aromatic heterocycles. The van der Waals surface area contributed by atoms with Crippen LogP contribution in [0, 0.1) is 0 Å². The molecule has 1 heterocycles. The van der Waals surface area contributed by atoms with Crippen molar-refractivity contribution in [2.75, 3.05) is 20.1 Å². The Morgan fingerprint density at radius 1 is 1.42 bits per heavy atom. The van der Waals surface area contributed by atoms with Gasteiger partial charge in [0, 0.05) is 14.0 Å². The Bertz CT molecular complexity index is 177. The molecule has 1 rings (SSSR count). The van der Waals surface area contributed by atoms with Crippen LogP contribution in [0.25, 0.3) is 0 Å². The normalized spacial score (nSPS) is 34.7. The first-order valence-corrected chi connectivity index (χ1v) is 4.94. The van der Waals surface area contributed by atoms with Crippen LogP contribution >= 0.6 is 0 Å². The molecule has 0 saturated heterocycles. The van der Waals surface area contributed by atoms with Gasteiger partial charge in [-0.1, -0.05) is 6.92 Å². The average molecular weight is 169 g/mol. The van der Waals surface area contributed by atoms with Gasteiger partial charge in [0.1, 0.15) is 6.20 Å². The summed E-state index contributed by atoms with van der Waals surface area (Å²) in [5.41, 5.74) is 0. The number of quaternary nitrogens is 1. The number of hydrogen-bond donors (Lipinski definition) is 0. The van der Waals surface area contributed by atoms with Gasteiger partial charge in [0.25, 0.3) is 0 Å². The zero-order valence-corrected chi connectivity index (χ0v) is 8.75. The lowest BCUT2D eigenvalue weighted by atomic mass is 10.3. The van der Waals surface area contributed by atoms with Gasteiger partial charge in [-0.15, -0.1) is 0 Å². The molecule has 0 fully saturated rings. The predicted molar refractivity (Wildman–Crippen MR) is 52.3 cm³/mol. The van der Waals surface area contributed by atoms with Crippen molar-refractivity contribution in [1.29, 1.82) is 0 Å². The maximum atomic E-state index is 2.34. The molecular weight excluding hydrogens is 148 g/mol. The van der Waals surface area contributed by atoms with Crippen molar-refractivity contribution in [3.05, 3.63) is 12.4 Å². The molecule has 0 spiro atoms. The molecule has 2 nitrogen and oxygen atoms in total. The summed E-state index contributed by atoms with van der Waals surface area (Å²) in [6.45, 7) is 9.30. The van der Waals surface area contributed by atoms with Crippen molar-refractivity contribution in [3.63, 3.8) is 0 Å². The summed E-state index contributed by atoms with van der Waals surface area (Å²) < 4.78 is 1.13. The Morgan fingerprint density at radius 2 is 2.08 bits per heavy atom. The topological polar surface area (TPSA) is 3.24 Å². The Morgan fingerprint density at radius 3 is 2.42 bits per heavy atom. The van der Waals surface area contributed by atoms with Crippen LogP contribution in [0.1, 0.15) is 27.2 Å². The largest absolute Gasteiger partial charge is 0.327 e. The van der Waals surface area contributed by atoms with Gasteiger partial charge in [0.2, 0.25) is 0 Å². The zero-order chi connectivity index (χ0) is 9.19. The average Bonchev–Trinajstić information content (AvgIpc) is 2.35. The Labute approximate surface area is 76.1 Å². The van der Waals surface area contributed by atoms with Crippen molar-refractivity contribution < 1.29 is 4.48 Å². The molecule has 12 heavy (non-hydrogen) atoms. The van der Waals surface area contributed by atoms with Crippen molar-refractivity contribution >= 4 is 0 Å². The third kappa shape index (κ3) is 1.36. The summed E-state index contributed by atoms with van der Waals surface area (Å²) in [6.07, 6.45) is 6.43. The van der Waals surface area contributed by atoms with Crippen LogP contribution in [-0.2, 0) is 0 Å². The van der Waals surface area contributed by atoms with E-state index in [0.29, 0.717) is 6.17 Å². The van der Waals surface area contributed by atoms with Crippen molar-refractivity contribution in [1.82, 2.24) is 4.90 Å². The fourth-order valence-electron chi connectivity index (χ4n) is 2.06. The van der Waals surface area contributed by atoms with Crippen molar-refractivity contribution in [2.24, 2.45) is 0 Å². The molecule has 0 amide bonds. The van der Waals surface area contributed by atoms with Crippen LogP contribution in [0.4, 0.5) is 0 Å². The lowest BCUT2D eigenvalue weighted by molar-refractivity contribution is -0.903. The first-order valence-electron chi connectivity index (χ1n) is 4.94. The Hall–Kier alpha value is -0.500. The van der Waals surface area contributed by atoms with Gasteiger partial charge < -0.3 is 4.90 Å². The van der Waals surface area contributed by atoms with E-state index in [-0.39, 0.29) is 0 Å². The monoisotopic (exact) mass is 169 g/mol. The van der Waals surface area contributed by atoms with Gasteiger partial charge in [-0.25, -0.2) is 0 Å². The second kappa shape index (κ2) is 3.48. The molecule has 0 aromatic rings. The Balaban J connectivity index is 2.74. The van der Waals surface area contributed by atoms with Gasteiger partial charge in [0.05, 0.1) is 19.3 Å². The minimum Gasteiger partial charge on any atom is -0.327 e. The molecule has 0 aromatic carbocycles. The highest BCUT2D eigenvalue weighted by molar-refractivity contribution is 4.83. The lowest BCUT2D eigenvalue weighted by Gasteiger charge is -2.37. The molecule has 0 aliphatic carbocycles. The summed E-state index contributed by atoms with van der Waals surface area (Å²) in [7, 11) is 2.16. The predicted octanol–water partition coefficient (Wildman–Crippen LogP) is 2.00. The lowest BCUT2D eigenvalue weighted by Crippen LogP contribution is -2.51. The molecule has 0 radical (unpaired) electrons. The summed E-state index contributed by atoms with van der Waals surface area (Å²) in [5.74, 6) is 0. The molecule has 0 N–H and O–H groups in total. The fourth-order valence-corrected chi connectivity index (χ4v) is 2.06. The van der Waals surface area contributed by atoms with E-state index < -0.39 is 0 Å². The smallest absolute Gasteiger partial charge is 0.165 e. The standard InChI is InChI=1S/C10H21N2/c1-5-8-12(6-2)9-7-11(4)10(12)3/h7,9-10H,5-6,8H2,1-4H3/q+1. The molecule has 70 valence electrons. The third-order valence-corrected chi connectivity index (χ3v) is 3.16. The fraction of sp³-hybridized carbons (Fsp3) is 0.800. The number of nitrogens with zero attached hydrogens (tertiary/aromatic N) is 2. The number of hydrogen-bond acceptors (Lipinski definition) is 1. The van der Waals surface area contributed by atoms with Gasteiger partial charge in [-0.3, -0.25) is 4.48 Å². The van der Waals surface area contributed by atoms with Crippen LogP contribution in [0.15, 0.2) is 12.4 Å². The van der Waals surface area contributed by atoms with Crippen molar-refractivity contribution in [2.45, 2.75) is 33.4 Å². The van der Waals surface area contributed by atoms with Gasteiger partial charge in [-0.05, 0) is 13.3 Å². The first-order chi connectivity index (χ1) is 5.66. The highest BCUT2D eigenvalue weighted by Crippen LogP contribution is 2.24. The summed E-state index contributed by atoms with van der Waals surface area (Å²) >= 11 is 0. The van der Waals surface area contributed by atoms with Crippen molar-refractivity contribution in [3.8, 4) is 0 Å². The molecular formula is C10H21N2+. The summed E-state index contributed by atoms with van der Waals surface area (Å²) in [5, 5.41) is 0. The van der Waals surface area contributed by atoms with E-state index >= 15 is 0 Å². The molecule has 1 aliphatic rings. The van der Waals surface area contributed by atoms with Crippen LogP contribution in [0.5, 0.6) is 0 Å². The second-order valence-corrected chi connectivity index (χ2v) is 3.74. The van der Waals surface area contributed by atoms with E-state index in [0.717, 1.165) is 4.48 Å². The Kier molecular flexibility index (Phi) is 2.78. The van der Waals surface area contributed by atoms with Gasteiger partial charge in [-0.2, -0.15) is 0 Å². The second-order valence-electron chi connectivity index (χ2n) is 3.74. The van der Waals surface area contributed by atoms with Gasteiger partial charge in [0.15, 0.2) is 6.17 Å². The maximum absolute atomic E-state index is 2.34. The summed E-state index contributed by atoms with van der Waals surface area (Å²) in [4.78, 5) is 2.30. The van der Waals surface area contributed by atoms with Crippen LogP contribution < -0.4 is 0 Å². The van der Waals surface area contributed by atoms with E-state index in [1.807, 2.05) is 0 Å². The minimum absolute atomic E-state index is 0.620. The first kappa shape index (κ1) is 9.59. The van der Waals surface area contributed by atoms with Gasteiger partial charge >= 0.3 is 0 Å². The highest BCUT2D eigenvalue weighted by Gasteiger charge is 2.35. The van der Waals surface area contributed by atoms with E-state index in [1.165, 1.54) is 19.5 Å². The van der Waals surface area contributed by atoms with E-state index in [9.17, 15) is 0 Å². The van der Waals surface area contributed by atoms with E-state index in [1.54, 1.807) is 0 Å². The molecule has 2 heteroatoms. The van der Waals surface area contributed by atoms with E-state index in [2.05, 4.69) is 45.1 Å². The minimum atomic E-state index is 0.620. The molecule has 2 atom stereocenters. The third-order valence-electron chi connectivity index (χ3n) is 3.16. The molecule has 0 saturated carbocycles. The molecule has 2 unspecified atom stereocenters. The SMILES string of the molecule is CCC[N+]1(CC)C=CN(C)C1C. The van der Waals surface area contributed by atoms with E-state index in [4.69, 9.17) is 0 Å². The zero-order valence-electron chi connectivity index (χ0n) is 8.75.